The lowest BCUT2D eigenvalue weighted by molar-refractivity contribution is -0.120. The second-order valence-corrected chi connectivity index (χ2v) is 7.30. The number of fused-ring (bicyclic) bond motifs is 1. The predicted octanol–water partition coefficient (Wildman–Crippen LogP) is 4.45. The zero-order valence-electron chi connectivity index (χ0n) is 16.5. The van der Waals surface area contributed by atoms with E-state index in [9.17, 15) is 9.59 Å². The van der Waals surface area contributed by atoms with Gasteiger partial charge in [-0.15, -0.1) is 0 Å². The molecule has 146 valence electrons. The Labute approximate surface area is 171 Å². The fraction of sp³-hybridized carbons (Fsp3) is 0.200. The number of rotatable bonds is 6. The first-order valence-corrected chi connectivity index (χ1v) is 9.99. The van der Waals surface area contributed by atoms with Crippen molar-refractivity contribution in [2.75, 3.05) is 5.32 Å². The van der Waals surface area contributed by atoms with Crippen LogP contribution in [0, 0.1) is 0 Å². The Morgan fingerprint density at radius 1 is 0.966 bits per heavy atom. The maximum Gasteiger partial charge on any atom is 0.255 e. The molecule has 0 radical (unpaired) electrons. The number of aryl methyl sites for hydroxylation is 1. The van der Waals surface area contributed by atoms with E-state index in [2.05, 4.69) is 12.2 Å². The van der Waals surface area contributed by atoms with Crippen LogP contribution < -0.4 is 5.32 Å². The van der Waals surface area contributed by atoms with Gasteiger partial charge in [0.25, 0.3) is 5.91 Å². The second kappa shape index (κ2) is 8.31. The number of para-hydroxylation sites is 1. The molecule has 0 saturated carbocycles. The first-order chi connectivity index (χ1) is 14.2. The molecular weight excluding hydrogens is 360 g/mol. The van der Waals surface area contributed by atoms with Gasteiger partial charge in [-0.25, -0.2) is 0 Å². The molecule has 0 aromatic heterocycles. The number of hydrogen-bond acceptors (Lipinski definition) is 2. The van der Waals surface area contributed by atoms with E-state index < -0.39 is 6.04 Å². The molecule has 3 aromatic rings. The minimum absolute atomic E-state index is 0.0829. The van der Waals surface area contributed by atoms with Crippen molar-refractivity contribution in [2.45, 2.75) is 32.4 Å². The Morgan fingerprint density at radius 3 is 2.41 bits per heavy atom. The van der Waals surface area contributed by atoms with Gasteiger partial charge < -0.3 is 10.2 Å². The monoisotopic (exact) mass is 384 g/mol. The van der Waals surface area contributed by atoms with E-state index in [4.69, 9.17) is 0 Å². The molecule has 1 atom stereocenters. The number of hydrogen-bond donors (Lipinski definition) is 1. The standard InChI is InChI=1S/C25H24N2O2/c1-2-19-12-7-9-15-22(19)26-24(28)23(16-18-10-4-3-5-11-18)27-17-20-13-6-8-14-21(20)25(27)29/h3-15,23H,2,16-17H2,1H3,(H,26,28)/t23-/m0/s1. The molecule has 0 fully saturated rings. The highest BCUT2D eigenvalue weighted by Crippen LogP contribution is 2.27. The molecule has 4 nitrogen and oxygen atoms in total. The quantitative estimate of drug-likeness (QED) is 0.682. The maximum atomic E-state index is 13.4. The van der Waals surface area contributed by atoms with Crippen LogP contribution in [-0.2, 0) is 24.2 Å². The summed E-state index contributed by atoms with van der Waals surface area (Å²) in [4.78, 5) is 28.1. The average Bonchev–Trinajstić information content (AvgIpc) is 3.09. The van der Waals surface area contributed by atoms with Crippen molar-refractivity contribution in [3.8, 4) is 0 Å². The number of benzene rings is 3. The van der Waals surface area contributed by atoms with E-state index in [1.165, 1.54) is 0 Å². The largest absolute Gasteiger partial charge is 0.324 e. The minimum Gasteiger partial charge on any atom is -0.324 e. The van der Waals surface area contributed by atoms with Crippen molar-refractivity contribution >= 4 is 17.5 Å². The molecule has 0 spiro atoms. The van der Waals surface area contributed by atoms with E-state index in [1.54, 1.807) is 4.90 Å². The fourth-order valence-corrected chi connectivity index (χ4v) is 3.88. The van der Waals surface area contributed by atoms with Gasteiger partial charge in [0.1, 0.15) is 6.04 Å². The van der Waals surface area contributed by atoms with Crippen LogP contribution in [0.5, 0.6) is 0 Å². The number of carbonyl (C=O) groups excluding carboxylic acids is 2. The molecule has 4 rings (SSSR count). The SMILES string of the molecule is CCc1ccccc1NC(=O)[C@H](Cc1ccccc1)N1Cc2ccccc2C1=O. The number of nitrogens with zero attached hydrogens (tertiary/aromatic N) is 1. The second-order valence-electron chi connectivity index (χ2n) is 7.30. The number of amides is 2. The van der Waals surface area contributed by atoms with Crippen molar-refractivity contribution in [3.05, 3.63) is 101 Å². The number of anilines is 1. The average molecular weight is 384 g/mol. The molecule has 1 N–H and O–H groups in total. The first kappa shape index (κ1) is 18.9. The molecular formula is C25H24N2O2. The molecule has 3 aromatic carbocycles. The van der Waals surface area contributed by atoms with Gasteiger partial charge in [-0.3, -0.25) is 9.59 Å². The van der Waals surface area contributed by atoms with Crippen LogP contribution in [0.4, 0.5) is 5.69 Å². The molecule has 1 heterocycles. The van der Waals surface area contributed by atoms with Crippen molar-refractivity contribution in [3.63, 3.8) is 0 Å². The van der Waals surface area contributed by atoms with E-state index >= 15 is 0 Å². The van der Waals surface area contributed by atoms with Gasteiger partial charge >= 0.3 is 0 Å². The third kappa shape index (κ3) is 3.92. The maximum absolute atomic E-state index is 13.4. The minimum atomic E-state index is -0.581. The number of nitrogens with one attached hydrogen (secondary N) is 1. The molecule has 1 aliphatic rings. The summed E-state index contributed by atoms with van der Waals surface area (Å²) >= 11 is 0. The van der Waals surface area contributed by atoms with Crippen molar-refractivity contribution in [2.24, 2.45) is 0 Å². The summed E-state index contributed by atoms with van der Waals surface area (Å²) in [5.74, 6) is -0.239. The Kier molecular flexibility index (Phi) is 5.43. The summed E-state index contributed by atoms with van der Waals surface area (Å²) in [5.41, 5.74) is 4.57. The van der Waals surface area contributed by atoms with Crippen LogP contribution in [0.25, 0.3) is 0 Å². The van der Waals surface area contributed by atoms with Gasteiger partial charge in [-0.1, -0.05) is 73.7 Å². The molecule has 29 heavy (non-hydrogen) atoms. The summed E-state index contributed by atoms with van der Waals surface area (Å²) in [7, 11) is 0. The van der Waals surface area contributed by atoms with E-state index in [0.29, 0.717) is 18.5 Å². The van der Waals surface area contributed by atoms with Crippen molar-refractivity contribution in [1.29, 1.82) is 0 Å². The predicted molar refractivity (Wildman–Crippen MR) is 115 cm³/mol. The summed E-state index contributed by atoms with van der Waals surface area (Å²) in [6.07, 6.45) is 1.30. The zero-order valence-corrected chi connectivity index (χ0v) is 16.5. The molecule has 0 aliphatic carbocycles. The van der Waals surface area contributed by atoms with Crippen LogP contribution in [0.15, 0.2) is 78.9 Å². The third-order valence-corrected chi connectivity index (χ3v) is 5.46. The van der Waals surface area contributed by atoms with Gasteiger partial charge in [-0.2, -0.15) is 0 Å². The zero-order chi connectivity index (χ0) is 20.2. The van der Waals surface area contributed by atoms with Gasteiger partial charge in [0.15, 0.2) is 0 Å². The van der Waals surface area contributed by atoms with E-state index in [1.807, 2.05) is 78.9 Å². The normalized spacial score (nSPS) is 13.8. The Bertz CT molecular complexity index is 1030. The topological polar surface area (TPSA) is 49.4 Å². The highest BCUT2D eigenvalue weighted by Gasteiger charge is 2.36. The van der Waals surface area contributed by atoms with E-state index in [0.717, 1.165) is 28.8 Å². The van der Waals surface area contributed by atoms with Gasteiger partial charge in [0.05, 0.1) is 0 Å². The molecule has 2 amide bonds. The van der Waals surface area contributed by atoms with Crippen molar-refractivity contribution < 1.29 is 9.59 Å². The Morgan fingerprint density at radius 2 is 1.66 bits per heavy atom. The molecule has 0 saturated heterocycles. The number of carbonyl (C=O) groups is 2. The van der Waals surface area contributed by atoms with E-state index in [-0.39, 0.29) is 11.8 Å². The van der Waals surface area contributed by atoms with Gasteiger partial charge in [0.2, 0.25) is 5.91 Å². The lowest BCUT2D eigenvalue weighted by atomic mass is 10.0. The summed E-state index contributed by atoms with van der Waals surface area (Å²) < 4.78 is 0. The van der Waals surface area contributed by atoms with Crippen LogP contribution in [-0.4, -0.2) is 22.8 Å². The molecule has 4 heteroatoms. The highest BCUT2D eigenvalue weighted by atomic mass is 16.2. The van der Waals surface area contributed by atoms with Crippen molar-refractivity contribution in [1.82, 2.24) is 4.90 Å². The lowest BCUT2D eigenvalue weighted by Gasteiger charge is -2.27. The van der Waals surface area contributed by atoms with Crippen LogP contribution in [0.3, 0.4) is 0 Å². The highest BCUT2D eigenvalue weighted by molar-refractivity contribution is 6.03. The van der Waals surface area contributed by atoms with Crippen LogP contribution in [0.2, 0.25) is 0 Å². The third-order valence-electron chi connectivity index (χ3n) is 5.46. The van der Waals surface area contributed by atoms with Crippen LogP contribution in [0.1, 0.15) is 34.0 Å². The van der Waals surface area contributed by atoms with Gasteiger partial charge in [-0.05, 0) is 35.2 Å². The lowest BCUT2D eigenvalue weighted by Crippen LogP contribution is -2.45. The first-order valence-electron chi connectivity index (χ1n) is 9.99. The summed E-state index contributed by atoms with van der Waals surface area (Å²) in [5, 5.41) is 3.07. The van der Waals surface area contributed by atoms with Gasteiger partial charge in [0, 0.05) is 24.2 Å². The Balaban J connectivity index is 1.64. The smallest absolute Gasteiger partial charge is 0.255 e. The van der Waals surface area contributed by atoms with Crippen LogP contribution >= 0.6 is 0 Å². The summed E-state index contributed by atoms with van der Waals surface area (Å²) in [6.45, 7) is 2.52. The fourth-order valence-electron chi connectivity index (χ4n) is 3.88. The molecule has 0 bridgehead atoms. The molecule has 0 unspecified atom stereocenters. The molecule has 1 aliphatic heterocycles. The summed E-state index contributed by atoms with van der Waals surface area (Å²) in [6, 6.07) is 24.7. The Hall–Kier alpha value is -3.40.